The second kappa shape index (κ2) is 6.21. The van der Waals surface area contributed by atoms with Gasteiger partial charge in [-0.2, -0.15) is 13.2 Å². The quantitative estimate of drug-likeness (QED) is 0.836. The van der Waals surface area contributed by atoms with Gasteiger partial charge in [0.2, 0.25) is 0 Å². The monoisotopic (exact) mass is 308 g/mol. The summed E-state index contributed by atoms with van der Waals surface area (Å²) in [5.41, 5.74) is 0. The third kappa shape index (κ3) is 3.87. The maximum atomic E-state index is 12.3. The highest BCUT2D eigenvalue weighted by molar-refractivity contribution is 5.81. The molecule has 0 radical (unpaired) electrons. The van der Waals surface area contributed by atoms with Crippen molar-refractivity contribution in [1.29, 1.82) is 0 Å². The Morgan fingerprint density at radius 2 is 1.48 bits per heavy atom. The van der Waals surface area contributed by atoms with Crippen molar-refractivity contribution in [3.05, 3.63) is 0 Å². The van der Waals surface area contributed by atoms with Crippen molar-refractivity contribution in [3.8, 4) is 0 Å². The van der Waals surface area contributed by atoms with Crippen LogP contribution in [-0.4, -0.2) is 65.2 Å². The molecule has 21 heavy (non-hydrogen) atoms. The van der Waals surface area contributed by atoms with E-state index in [0.717, 1.165) is 4.90 Å². The first-order valence-corrected chi connectivity index (χ1v) is 7.12. The Balaban J connectivity index is 1.80. The number of rotatable bonds is 2. The number of carbonyl (C=O) groups is 2. The van der Waals surface area contributed by atoms with E-state index >= 15 is 0 Å². The van der Waals surface area contributed by atoms with E-state index in [1.807, 2.05) is 0 Å². The van der Waals surface area contributed by atoms with Crippen molar-refractivity contribution in [3.63, 3.8) is 0 Å². The number of hydrogen-bond donors (Lipinski definition) is 1. The molecule has 0 aromatic rings. The molecular formula is C13H19F3N2O3. The van der Waals surface area contributed by atoms with E-state index in [9.17, 15) is 22.8 Å². The Morgan fingerprint density at radius 1 is 0.952 bits per heavy atom. The molecule has 0 aromatic heterocycles. The number of aliphatic carboxylic acids is 1. The summed E-state index contributed by atoms with van der Waals surface area (Å²) in [5.74, 6) is -2.85. The molecule has 1 amide bonds. The lowest BCUT2D eigenvalue weighted by molar-refractivity contribution is -0.186. The van der Waals surface area contributed by atoms with Crippen molar-refractivity contribution < 1.29 is 27.9 Å². The third-order valence-corrected chi connectivity index (χ3v) is 4.39. The summed E-state index contributed by atoms with van der Waals surface area (Å²) < 4.78 is 37.0. The summed E-state index contributed by atoms with van der Waals surface area (Å²) in [4.78, 5) is 25.0. The van der Waals surface area contributed by atoms with Gasteiger partial charge in [-0.15, -0.1) is 0 Å². The predicted octanol–water partition coefficient (Wildman–Crippen LogP) is 1.34. The summed E-state index contributed by atoms with van der Waals surface area (Å²) in [6.45, 7) is 1.55. The average Bonchev–Trinajstić information content (AvgIpc) is 2.46. The Kier molecular flexibility index (Phi) is 4.75. The summed E-state index contributed by atoms with van der Waals surface area (Å²) >= 11 is 0. The number of carbonyl (C=O) groups excluding carboxylic acids is 1. The molecule has 2 fully saturated rings. The fraction of sp³-hybridized carbons (Fsp3) is 0.846. The first-order valence-electron chi connectivity index (χ1n) is 7.12. The van der Waals surface area contributed by atoms with Crippen molar-refractivity contribution in [1.82, 2.24) is 9.80 Å². The van der Waals surface area contributed by atoms with E-state index in [1.165, 1.54) is 0 Å². The standard InChI is InChI=1S/C13H19F3N2O3/c14-13(15,16)12(21)18-7-3-10(4-8-18)17-5-1-9(2-6-17)11(19)20/h9-10H,1-8H2,(H,19,20). The molecule has 0 aromatic carbocycles. The molecule has 0 atom stereocenters. The second-order valence-electron chi connectivity index (χ2n) is 5.67. The maximum absolute atomic E-state index is 12.3. The van der Waals surface area contributed by atoms with Crippen molar-refractivity contribution in [2.75, 3.05) is 26.2 Å². The lowest BCUT2D eigenvalue weighted by Gasteiger charge is -2.41. The van der Waals surface area contributed by atoms with Crippen LogP contribution in [0.25, 0.3) is 0 Å². The Morgan fingerprint density at radius 3 is 1.90 bits per heavy atom. The molecule has 2 aliphatic rings. The molecule has 120 valence electrons. The average molecular weight is 308 g/mol. The molecule has 0 bridgehead atoms. The van der Waals surface area contributed by atoms with Crippen LogP contribution >= 0.6 is 0 Å². The third-order valence-electron chi connectivity index (χ3n) is 4.39. The number of nitrogens with zero attached hydrogens (tertiary/aromatic N) is 2. The Bertz CT molecular complexity index is 398. The number of hydrogen-bond acceptors (Lipinski definition) is 3. The molecule has 1 N–H and O–H groups in total. The lowest BCUT2D eigenvalue weighted by Crippen LogP contribution is -2.51. The molecule has 8 heteroatoms. The van der Waals surface area contributed by atoms with Crippen LogP contribution in [0.4, 0.5) is 13.2 Å². The fourth-order valence-corrected chi connectivity index (χ4v) is 3.12. The van der Waals surface area contributed by atoms with Crippen LogP contribution in [-0.2, 0) is 9.59 Å². The first-order chi connectivity index (χ1) is 9.79. The van der Waals surface area contributed by atoms with Crippen molar-refractivity contribution in [2.45, 2.75) is 37.9 Å². The Labute approximate surface area is 120 Å². The minimum atomic E-state index is -4.80. The molecule has 2 aliphatic heterocycles. The normalized spacial score (nSPS) is 23.3. The molecule has 2 heterocycles. The van der Waals surface area contributed by atoms with E-state index in [1.54, 1.807) is 0 Å². The SMILES string of the molecule is O=C(O)C1CCN(C2CCN(C(=O)C(F)(F)F)CC2)CC1. The number of carboxylic acid groups (broad SMARTS) is 1. The van der Waals surface area contributed by atoms with Gasteiger partial charge in [-0.05, 0) is 38.8 Å². The highest BCUT2D eigenvalue weighted by atomic mass is 19.4. The van der Waals surface area contributed by atoms with Gasteiger partial charge in [0, 0.05) is 19.1 Å². The van der Waals surface area contributed by atoms with E-state index < -0.39 is 18.1 Å². The molecule has 0 saturated carbocycles. The number of carboxylic acids is 1. The molecule has 0 aliphatic carbocycles. The molecule has 5 nitrogen and oxygen atoms in total. The molecule has 0 unspecified atom stereocenters. The van der Waals surface area contributed by atoms with Gasteiger partial charge in [0.1, 0.15) is 0 Å². The van der Waals surface area contributed by atoms with Gasteiger partial charge in [-0.1, -0.05) is 0 Å². The molecule has 2 rings (SSSR count). The fourth-order valence-electron chi connectivity index (χ4n) is 3.12. The van der Waals surface area contributed by atoms with Crippen LogP contribution in [0.3, 0.4) is 0 Å². The second-order valence-corrected chi connectivity index (χ2v) is 5.67. The van der Waals surface area contributed by atoms with Crippen molar-refractivity contribution in [2.24, 2.45) is 5.92 Å². The minimum absolute atomic E-state index is 0.113. The zero-order valence-electron chi connectivity index (χ0n) is 11.6. The van der Waals surface area contributed by atoms with Gasteiger partial charge in [-0.25, -0.2) is 0 Å². The van der Waals surface area contributed by atoms with Gasteiger partial charge < -0.3 is 14.9 Å². The van der Waals surface area contributed by atoms with Crippen LogP contribution in [0.5, 0.6) is 0 Å². The molecule has 0 spiro atoms. The van der Waals surface area contributed by atoms with E-state index in [4.69, 9.17) is 5.11 Å². The van der Waals surface area contributed by atoms with Crippen LogP contribution in [0.1, 0.15) is 25.7 Å². The first kappa shape index (κ1) is 16.1. The Hall–Kier alpha value is -1.31. The maximum Gasteiger partial charge on any atom is 0.471 e. The smallest absolute Gasteiger partial charge is 0.471 e. The van der Waals surface area contributed by atoms with Gasteiger partial charge in [-0.3, -0.25) is 9.59 Å². The largest absolute Gasteiger partial charge is 0.481 e. The van der Waals surface area contributed by atoms with Crippen LogP contribution in [0, 0.1) is 5.92 Å². The van der Waals surface area contributed by atoms with E-state index in [2.05, 4.69) is 4.90 Å². The van der Waals surface area contributed by atoms with Gasteiger partial charge in [0.05, 0.1) is 5.92 Å². The minimum Gasteiger partial charge on any atom is -0.481 e. The number of alkyl halides is 3. The highest BCUT2D eigenvalue weighted by Crippen LogP contribution is 2.26. The number of piperidine rings is 2. The van der Waals surface area contributed by atoms with Crippen LogP contribution in [0.15, 0.2) is 0 Å². The highest BCUT2D eigenvalue weighted by Gasteiger charge is 2.43. The van der Waals surface area contributed by atoms with Crippen LogP contribution < -0.4 is 0 Å². The zero-order valence-corrected chi connectivity index (χ0v) is 11.6. The number of amides is 1. The van der Waals surface area contributed by atoms with E-state index in [0.29, 0.717) is 38.8 Å². The summed E-state index contributed by atoms with van der Waals surface area (Å²) in [6.07, 6.45) is -2.61. The van der Waals surface area contributed by atoms with Crippen LogP contribution in [0.2, 0.25) is 0 Å². The molecular weight excluding hydrogens is 289 g/mol. The van der Waals surface area contributed by atoms with Gasteiger partial charge in [0.25, 0.3) is 0 Å². The van der Waals surface area contributed by atoms with Gasteiger partial charge >= 0.3 is 18.1 Å². The zero-order chi connectivity index (χ0) is 15.6. The summed E-state index contributed by atoms with van der Waals surface area (Å²) in [7, 11) is 0. The van der Waals surface area contributed by atoms with E-state index in [-0.39, 0.29) is 25.0 Å². The predicted molar refractivity (Wildman–Crippen MR) is 67.6 cm³/mol. The number of likely N-dealkylation sites (tertiary alicyclic amines) is 2. The van der Waals surface area contributed by atoms with Gasteiger partial charge in [0.15, 0.2) is 0 Å². The summed E-state index contributed by atoms with van der Waals surface area (Å²) in [5, 5.41) is 8.94. The lowest BCUT2D eigenvalue weighted by atomic mass is 9.93. The van der Waals surface area contributed by atoms with Crippen molar-refractivity contribution >= 4 is 11.9 Å². The number of halogens is 3. The summed E-state index contributed by atoms with van der Waals surface area (Å²) in [6, 6.07) is 0.150. The topological polar surface area (TPSA) is 60.9 Å². The molecule has 2 saturated heterocycles.